The number of anilines is 1. The minimum atomic E-state index is -4.57. The number of hydrogen-bond donors (Lipinski definition) is 4. The number of halogens is 3. The van der Waals surface area contributed by atoms with Crippen molar-refractivity contribution in [1.29, 1.82) is 0 Å². The lowest BCUT2D eigenvalue weighted by Crippen LogP contribution is -2.51. The molecule has 49 heavy (non-hydrogen) atoms. The summed E-state index contributed by atoms with van der Waals surface area (Å²) in [5, 5.41) is 18.9. The average Bonchev–Trinajstić information content (AvgIpc) is 3.11. The van der Waals surface area contributed by atoms with E-state index in [-0.39, 0.29) is 37.2 Å². The largest absolute Gasteiger partial charge is 0.416 e. The Labute approximate surface area is 287 Å². The number of alkyl halides is 3. The molecule has 0 spiro atoms. The van der Waals surface area contributed by atoms with Crippen molar-refractivity contribution in [2.45, 2.75) is 103 Å². The zero-order valence-electron chi connectivity index (χ0n) is 28.6. The highest BCUT2D eigenvalue weighted by molar-refractivity contribution is 7.73. The van der Waals surface area contributed by atoms with E-state index in [4.69, 9.17) is 0 Å². The second kappa shape index (κ2) is 15.0. The van der Waals surface area contributed by atoms with Crippen molar-refractivity contribution in [2.75, 3.05) is 11.4 Å². The minimum absolute atomic E-state index is 0.00527. The first kappa shape index (κ1) is 38.0. The Morgan fingerprint density at radius 3 is 2.33 bits per heavy atom. The Hall–Kier alpha value is -3.78. The first-order chi connectivity index (χ1) is 22.7. The maximum atomic E-state index is 14.1. The van der Waals surface area contributed by atoms with E-state index in [1.807, 2.05) is 39.0 Å². The number of nitrogens with one attached hydrogen (secondary N) is 3. The van der Waals surface area contributed by atoms with E-state index in [0.29, 0.717) is 16.8 Å². The van der Waals surface area contributed by atoms with Crippen molar-refractivity contribution in [3.05, 3.63) is 82.9 Å². The van der Waals surface area contributed by atoms with E-state index in [0.717, 1.165) is 23.3 Å². The van der Waals surface area contributed by atoms with Gasteiger partial charge < -0.3 is 26.0 Å². The van der Waals surface area contributed by atoms with Gasteiger partial charge in [0.15, 0.2) is 0 Å². The van der Waals surface area contributed by atoms with Gasteiger partial charge in [-0.3, -0.25) is 9.59 Å². The van der Waals surface area contributed by atoms with E-state index in [1.165, 1.54) is 11.0 Å². The second-order valence-corrected chi connectivity index (χ2v) is 15.3. The molecule has 2 amide bonds. The number of amides is 2. The molecule has 1 unspecified atom stereocenters. The quantitative estimate of drug-likeness (QED) is 0.267. The van der Waals surface area contributed by atoms with Crippen LogP contribution in [0.4, 0.5) is 18.9 Å². The van der Waals surface area contributed by atoms with Crippen LogP contribution in [0.25, 0.3) is 5.57 Å². The fourth-order valence-electron chi connectivity index (χ4n) is 5.96. The number of β-amino-alcohol motifs (C(OH)–C–C–N with tert-alkyl or cyclic N) is 1. The van der Waals surface area contributed by atoms with Crippen LogP contribution in [0.3, 0.4) is 0 Å². The van der Waals surface area contributed by atoms with Crippen LogP contribution in [0.2, 0.25) is 0 Å². The molecular weight excluding hydrogens is 657 g/mol. The molecule has 266 valence electrons. The molecule has 3 atom stereocenters. The summed E-state index contributed by atoms with van der Waals surface area (Å²) in [5.74, 6) is -0.853. The van der Waals surface area contributed by atoms with Gasteiger partial charge in [0.05, 0.1) is 29.1 Å². The number of nitrogens with zero attached hydrogens (tertiary/aromatic N) is 1. The van der Waals surface area contributed by atoms with Gasteiger partial charge in [0.2, 0.25) is 22.1 Å². The summed E-state index contributed by atoms with van der Waals surface area (Å²) < 4.78 is 65.1. The normalized spacial score (nSPS) is 19.2. The molecule has 13 heteroatoms. The predicted octanol–water partition coefficient (Wildman–Crippen LogP) is 4.57. The predicted molar refractivity (Wildman–Crippen MR) is 185 cm³/mol. The third kappa shape index (κ3) is 10.1. The fraction of sp³-hybridized carbons (Fsp3) is 0.472. The number of aliphatic hydroxyl groups is 1. The topological polar surface area (TPSA) is 128 Å². The number of rotatable bonds is 10. The summed E-state index contributed by atoms with van der Waals surface area (Å²) in [7, 11) is -2.45. The Morgan fingerprint density at radius 2 is 1.73 bits per heavy atom. The molecule has 0 saturated carbocycles. The number of aryl methyl sites for hydroxylation is 1. The highest BCUT2D eigenvalue weighted by atomic mass is 32.2. The molecule has 2 aromatic carbocycles. The Bertz CT molecular complexity index is 1750. The molecule has 0 saturated heterocycles. The fourth-order valence-corrected chi connectivity index (χ4v) is 6.53. The number of fused-ring (bicyclic) bond motifs is 1. The third-order valence-electron chi connectivity index (χ3n) is 8.31. The van der Waals surface area contributed by atoms with E-state index in [2.05, 4.69) is 16.0 Å². The molecule has 4 N–H and O–H groups in total. The van der Waals surface area contributed by atoms with Crippen LogP contribution in [-0.2, 0) is 39.0 Å². The third-order valence-corrected chi connectivity index (χ3v) is 9.06. The smallest absolute Gasteiger partial charge is 0.392 e. The first-order valence-corrected chi connectivity index (χ1v) is 17.3. The molecule has 9 nitrogen and oxygen atoms in total. The first-order valence-electron chi connectivity index (χ1n) is 16.2. The van der Waals surface area contributed by atoms with Crippen LogP contribution in [0.15, 0.2) is 60.7 Å². The Balaban J connectivity index is 1.63. The van der Waals surface area contributed by atoms with Crippen molar-refractivity contribution in [2.24, 2.45) is 0 Å². The Kier molecular flexibility index (Phi) is 11.6. The summed E-state index contributed by atoms with van der Waals surface area (Å²) in [6, 6.07) is 8.98. The van der Waals surface area contributed by atoms with Gasteiger partial charge in [-0.05, 0) is 101 Å². The molecule has 0 fully saturated rings. The highest BCUT2D eigenvalue weighted by Crippen LogP contribution is 2.36. The monoisotopic (exact) mass is 702 g/mol. The molecule has 0 radical (unpaired) electrons. The standard InChI is InChI=1S/C36H45F3N4O5S/c1-22(44)20-40-35(5,6)19-31(45)41-28-16-14-25-18-26(36(37,38)39)15-17-29(25)43(33(28)46)21-23-10-12-24(13-11-23)27-8-7-9-30(49(47)48)32(27)42-34(2,3)4/h7-13,15,17-18,22,28,32,40,42,44H,14,16,19-21H2,1-6H3,(H,41,45)/t22-,28-,32?/m1/s1. The number of benzene rings is 2. The number of hydrogen-bond acceptors (Lipinski definition) is 7. The lowest BCUT2D eigenvalue weighted by molar-refractivity contribution is -0.137. The molecular formula is C36H45F3N4O5S. The van der Waals surface area contributed by atoms with Crippen molar-refractivity contribution in [3.63, 3.8) is 0 Å². The molecule has 0 aromatic heterocycles. The van der Waals surface area contributed by atoms with Gasteiger partial charge in [-0.25, -0.2) is 0 Å². The van der Waals surface area contributed by atoms with Crippen molar-refractivity contribution in [3.8, 4) is 0 Å². The van der Waals surface area contributed by atoms with Gasteiger partial charge in [0.25, 0.3) is 0 Å². The Morgan fingerprint density at radius 1 is 1.06 bits per heavy atom. The van der Waals surface area contributed by atoms with Gasteiger partial charge in [0, 0.05) is 29.7 Å². The van der Waals surface area contributed by atoms with Crippen molar-refractivity contribution in [1.82, 2.24) is 16.0 Å². The lowest BCUT2D eigenvalue weighted by atomic mass is 9.90. The van der Waals surface area contributed by atoms with E-state index in [1.54, 1.807) is 45.1 Å². The van der Waals surface area contributed by atoms with E-state index >= 15 is 0 Å². The highest BCUT2D eigenvalue weighted by Gasteiger charge is 2.36. The minimum Gasteiger partial charge on any atom is -0.392 e. The van der Waals surface area contributed by atoms with Crippen molar-refractivity contribution >= 4 is 38.2 Å². The maximum Gasteiger partial charge on any atom is 0.416 e. The van der Waals surface area contributed by atoms with E-state index < -0.39 is 63.1 Å². The van der Waals surface area contributed by atoms with Crippen LogP contribution in [0.1, 0.15) is 76.6 Å². The maximum absolute atomic E-state index is 14.1. The van der Waals surface area contributed by atoms with Crippen LogP contribution in [0.5, 0.6) is 0 Å². The van der Waals surface area contributed by atoms with Gasteiger partial charge in [-0.15, -0.1) is 0 Å². The average molecular weight is 703 g/mol. The molecule has 4 rings (SSSR count). The van der Waals surface area contributed by atoms with Crippen LogP contribution in [-0.4, -0.2) is 66.0 Å². The molecule has 1 aliphatic carbocycles. The summed E-state index contributed by atoms with van der Waals surface area (Å²) in [6.07, 6.45) is 0.142. The zero-order chi connectivity index (χ0) is 36.3. The van der Waals surface area contributed by atoms with E-state index in [9.17, 15) is 36.3 Å². The molecule has 2 aliphatic rings. The number of carbonyl (C=O) groups is 2. The summed E-state index contributed by atoms with van der Waals surface area (Å²) >= 11 is 0. The number of aliphatic hydroxyl groups excluding tert-OH is 1. The molecule has 2 aromatic rings. The number of allylic oxidation sites excluding steroid dienone is 2. The summed E-state index contributed by atoms with van der Waals surface area (Å²) in [4.78, 5) is 28.8. The van der Waals surface area contributed by atoms with Gasteiger partial charge in [-0.2, -0.15) is 21.6 Å². The van der Waals surface area contributed by atoms with Crippen LogP contribution in [0, 0.1) is 0 Å². The second-order valence-electron chi connectivity index (χ2n) is 14.4. The van der Waals surface area contributed by atoms with Crippen LogP contribution < -0.4 is 20.9 Å². The van der Waals surface area contributed by atoms with Gasteiger partial charge in [-0.1, -0.05) is 36.4 Å². The number of carbonyl (C=O) groups excluding carboxylic acids is 2. The van der Waals surface area contributed by atoms with Crippen LogP contribution >= 0.6 is 0 Å². The molecule has 1 heterocycles. The zero-order valence-corrected chi connectivity index (χ0v) is 29.4. The summed E-state index contributed by atoms with van der Waals surface area (Å²) in [6.45, 7) is 11.3. The lowest BCUT2D eigenvalue weighted by Gasteiger charge is -2.31. The summed E-state index contributed by atoms with van der Waals surface area (Å²) in [5.41, 5.74) is 0.959. The molecule has 0 bridgehead atoms. The molecule has 1 aliphatic heterocycles. The van der Waals surface area contributed by atoms with Crippen molar-refractivity contribution < 1.29 is 36.3 Å². The van der Waals surface area contributed by atoms with Gasteiger partial charge in [0.1, 0.15) is 6.04 Å². The SMILES string of the molecule is C[C@@H](O)CNC(C)(C)CC(=O)N[C@@H]1CCc2cc(C(F)(F)F)ccc2N(Cc2ccc(C3=CC=CC(=S(=O)=O)C3NC(C)(C)C)cc2)C1=O. The van der Waals surface area contributed by atoms with Gasteiger partial charge >= 0.3 is 6.18 Å².